The number of hydrogen-bond donors (Lipinski definition) is 1. The van der Waals surface area contributed by atoms with Gasteiger partial charge in [-0.05, 0) is 30.6 Å². The Morgan fingerprint density at radius 1 is 1.42 bits per heavy atom. The second-order valence-electron chi connectivity index (χ2n) is 7.45. The molecule has 1 aromatic heterocycles. The summed E-state index contributed by atoms with van der Waals surface area (Å²) in [7, 11) is 0. The first-order chi connectivity index (χ1) is 8.89. The Morgan fingerprint density at radius 2 is 2.16 bits per heavy atom. The summed E-state index contributed by atoms with van der Waals surface area (Å²) in [4.78, 5) is 4.42. The molecular formula is C16H29N3. The summed E-state index contributed by atoms with van der Waals surface area (Å²) >= 11 is 0. The monoisotopic (exact) mass is 263 g/mol. The van der Waals surface area contributed by atoms with Gasteiger partial charge in [0.25, 0.3) is 0 Å². The van der Waals surface area contributed by atoms with Crippen molar-refractivity contribution >= 4 is 0 Å². The van der Waals surface area contributed by atoms with Gasteiger partial charge < -0.3 is 10.3 Å². The molecule has 1 aliphatic rings. The molecule has 0 saturated heterocycles. The highest BCUT2D eigenvalue weighted by atomic mass is 15.1. The van der Waals surface area contributed by atoms with Crippen LogP contribution in [-0.2, 0) is 12.0 Å². The second-order valence-corrected chi connectivity index (χ2v) is 7.45. The van der Waals surface area contributed by atoms with Gasteiger partial charge in [-0.25, -0.2) is 4.98 Å². The molecule has 2 unspecified atom stereocenters. The first-order valence-electron chi connectivity index (χ1n) is 7.61. The average Bonchev–Trinajstić information content (AvgIpc) is 2.76. The third-order valence-electron chi connectivity index (χ3n) is 4.67. The molecule has 1 aliphatic carbocycles. The summed E-state index contributed by atoms with van der Waals surface area (Å²) in [5, 5.41) is 0. The van der Waals surface area contributed by atoms with Gasteiger partial charge in [0.05, 0.1) is 11.9 Å². The van der Waals surface area contributed by atoms with Crippen LogP contribution in [0.25, 0.3) is 0 Å². The lowest BCUT2D eigenvalue weighted by molar-refractivity contribution is 0.119. The topological polar surface area (TPSA) is 43.8 Å². The van der Waals surface area contributed by atoms with E-state index in [1.165, 1.54) is 31.4 Å². The molecule has 0 bridgehead atoms. The Kier molecular flexibility index (Phi) is 4.05. The van der Waals surface area contributed by atoms with Crippen molar-refractivity contribution in [2.75, 3.05) is 6.54 Å². The van der Waals surface area contributed by atoms with E-state index in [1.54, 1.807) is 0 Å². The number of aromatic nitrogens is 2. The van der Waals surface area contributed by atoms with E-state index in [1.807, 2.05) is 12.5 Å². The standard InChI is InChI=1S/C16H29N3/c1-13-7-5-6-8-16(13,11-17)19-12-18-10-14(19)9-15(2,3)4/h10,12-13H,5-9,11,17H2,1-4H3. The quantitative estimate of drug-likeness (QED) is 0.909. The minimum atomic E-state index is 0.0926. The molecule has 108 valence electrons. The van der Waals surface area contributed by atoms with Crippen molar-refractivity contribution in [3.63, 3.8) is 0 Å². The molecule has 2 N–H and O–H groups in total. The van der Waals surface area contributed by atoms with Crippen LogP contribution < -0.4 is 5.73 Å². The van der Waals surface area contributed by atoms with E-state index in [0.29, 0.717) is 5.92 Å². The number of hydrogen-bond acceptors (Lipinski definition) is 2. The fourth-order valence-electron chi connectivity index (χ4n) is 3.55. The molecule has 1 heterocycles. The molecule has 2 rings (SSSR count). The predicted octanol–water partition coefficient (Wildman–Crippen LogP) is 3.34. The number of nitrogens with two attached hydrogens (primary N) is 1. The Hall–Kier alpha value is -0.830. The van der Waals surface area contributed by atoms with Crippen LogP contribution in [0.3, 0.4) is 0 Å². The number of nitrogens with zero attached hydrogens (tertiary/aromatic N) is 2. The highest BCUT2D eigenvalue weighted by molar-refractivity contribution is 5.09. The zero-order valence-corrected chi connectivity index (χ0v) is 12.9. The van der Waals surface area contributed by atoms with E-state index < -0.39 is 0 Å². The molecule has 1 fully saturated rings. The van der Waals surface area contributed by atoms with Crippen molar-refractivity contribution in [3.8, 4) is 0 Å². The highest BCUT2D eigenvalue weighted by Gasteiger charge is 2.39. The summed E-state index contributed by atoms with van der Waals surface area (Å²) in [6.07, 6.45) is 10.2. The summed E-state index contributed by atoms with van der Waals surface area (Å²) in [5.41, 5.74) is 7.92. The van der Waals surface area contributed by atoms with Crippen LogP contribution in [0.4, 0.5) is 0 Å². The first kappa shape index (κ1) is 14.6. The molecule has 19 heavy (non-hydrogen) atoms. The van der Waals surface area contributed by atoms with Gasteiger partial charge in [-0.3, -0.25) is 0 Å². The maximum atomic E-state index is 6.20. The Bertz CT molecular complexity index is 416. The van der Waals surface area contributed by atoms with Crippen LogP contribution in [0.5, 0.6) is 0 Å². The summed E-state index contributed by atoms with van der Waals surface area (Å²) < 4.78 is 2.40. The molecule has 0 aliphatic heterocycles. The Morgan fingerprint density at radius 3 is 2.74 bits per heavy atom. The van der Waals surface area contributed by atoms with Gasteiger partial charge in [0.15, 0.2) is 0 Å². The fourth-order valence-corrected chi connectivity index (χ4v) is 3.55. The van der Waals surface area contributed by atoms with E-state index >= 15 is 0 Å². The molecule has 1 aromatic rings. The number of imidazole rings is 1. The number of rotatable bonds is 3. The van der Waals surface area contributed by atoms with Crippen LogP contribution in [0, 0.1) is 11.3 Å². The molecule has 0 amide bonds. The minimum Gasteiger partial charge on any atom is -0.328 e. The van der Waals surface area contributed by atoms with Crippen LogP contribution >= 0.6 is 0 Å². The zero-order valence-electron chi connectivity index (χ0n) is 12.9. The Balaban J connectivity index is 2.36. The lowest BCUT2D eigenvalue weighted by Crippen LogP contribution is -2.49. The summed E-state index contributed by atoms with van der Waals surface area (Å²) in [6.45, 7) is 9.92. The van der Waals surface area contributed by atoms with E-state index in [2.05, 4.69) is 37.2 Å². The van der Waals surface area contributed by atoms with Gasteiger partial charge in [-0.15, -0.1) is 0 Å². The lowest BCUT2D eigenvalue weighted by Gasteiger charge is -2.44. The average molecular weight is 263 g/mol. The van der Waals surface area contributed by atoms with Crippen LogP contribution in [0.15, 0.2) is 12.5 Å². The van der Waals surface area contributed by atoms with Crippen LogP contribution in [0.1, 0.15) is 59.1 Å². The third kappa shape index (κ3) is 2.86. The SMILES string of the molecule is CC1CCCCC1(CN)n1cncc1CC(C)(C)C. The normalized spacial score (nSPS) is 28.6. The second kappa shape index (κ2) is 5.28. The van der Waals surface area contributed by atoms with Crippen molar-refractivity contribution in [1.29, 1.82) is 0 Å². The van der Waals surface area contributed by atoms with Crippen LogP contribution in [-0.4, -0.2) is 16.1 Å². The minimum absolute atomic E-state index is 0.0926. The van der Waals surface area contributed by atoms with E-state index in [9.17, 15) is 0 Å². The largest absolute Gasteiger partial charge is 0.328 e. The van der Waals surface area contributed by atoms with Gasteiger partial charge in [0, 0.05) is 18.4 Å². The summed E-state index contributed by atoms with van der Waals surface area (Å²) in [5.74, 6) is 0.638. The summed E-state index contributed by atoms with van der Waals surface area (Å²) in [6, 6.07) is 0. The smallest absolute Gasteiger partial charge is 0.0953 e. The molecule has 0 spiro atoms. The molecule has 0 radical (unpaired) electrons. The first-order valence-corrected chi connectivity index (χ1v) is 7.61. The van der Waals surface area contributed by atoms with Gasteiger partial charge in [0.1, 0.15) is 0 Å². The van der Waals surface area contributed by atoms with Crippen molar-refractivity contribution in [2.24, 2.45) is 17.1 Å². The van der Waals surface area contributed by atoms with Crippen molar-refractivity contribution in [1.82, 2.24) is 9.55 Å². The van der Waals surface area contributed by atoms with E-state index in [4.69, 9.17) is 5.73 Å². The molecule has 3 nitrogen and oxygen atoms in total. The zero-order chi connectivity index (χ0) is 14.1. The van der Waals surface area contributed by atoms with Crippen LogP contribution in [0.2, 0.25) is 0 Å². The third-order valence-corrected chi connectivity index (χ3v) is 4.67. The van der Waals surface area contributed by atoms with Gasteiger partial charge in [0.2, 0.25) is 0 Å². The van der Waals surface area contributed by atoms with Crippen molar-refractivity contribution in [2.45, 2.75) is 65.3 Å². The van der Waals surface area contributed by atoms with Gasteiger partial charge in [-0.1, -0.05) is 40.5 Å². The van der Waals surface area contributed by atoms with Gasteiger partial charge >= 0.3 is 0 Å². The van der Waals surface area contributed by atoms with E-state index in [-0.39, 0.29) is 11.0 Å². The maximum Gasteiger partial charge on any atom is 0.0953 e. The highest BCUT2D eigenvalue weighted by Crippen LogP contribution is 2.40. The molecule has 3 heteroatoms. The van der Waals surface area contributed by atoms with Gasteiger partial charge in [-0.2, -0.15) is 0 Å². The molecular weight excluding hydrogens is 234 g/mol. The molecule has 0 aromatic carbocycles. The fraction of sp³-hybridized carbons (Fsp3) is 0.812. The Labute approximate surface area is 117 Å². The lowest BCUT2D eigenvalue weighted by atomic mass is 9.73. The van der Waals surface area contributed by atoms with Crippen molar-refractivity contribution in [3.05, 3.63) is 18.2 Å². The molecule has 1 saturated carbocycles. The molecule has 2 atom stereocenters. The van der Waals surface area contributed by atoms with E-state index in [0.717, 1.165) is 13.0 Å². The van der Waals surface area contributed by atoms with Crippen molar-refractivity contribution < 1.29 is 0 Å². The predicted molar refractivity (Wildman–Crippen MR) is 80.0 cm³/mol. The maximum absolute atomic E-state index is 6.20.